The van der Waals surface area contributed by atoms with Gasteiger partial charge in [-0.05, 0) is 36.7 Å². The van der Waals surface area contributed by atoms with Crippen molar-refractivity contribution in [2.24, 2.45) is 11.7 Å². The molecule has 84 valence electrons. The molecule has 0 aromatic heterocycles. The van der Waals surface area contributed by atoms with Gasteiger partial charge >= 0.3 is 0 Å². The monoisotopic (exact) mass is 247 g/mol. The lowest BCUT2D eigenvalue weighted by Crippen LogP contribution is -2.21. The van der Waals surface area contributed by atoms with Gasteiger partial charge in [-0.1, -0.05) is 18.5 Å². The number of hydrogen-bond donors (Lipinski definition) is 1. The molecule has 5 heteroatoms. The molecule has 2 N–H and O–H groups in total. The molecule has 1 atom stereocenters. The Hall–Kier alpha value is -0.580. The van der Waals surface area contributed by atoms with Crippen LogP contribution < -0.4 is 5.73 Å². The predicted octanol–water partition coefficient (Wildman–Crippen LogP) is 1.71. The van der Waals surface area contributed by atoms with Gasteiger partial charge in [-0.25, -0.2) is 8.42 Å². The summed E-state index contributed by atoms with van der Waals surface area (Å²) in [5.74, 6) is 0.0381. The fourth-order valence-corrected chi connectivity index (χ4v) is 2.94. The fraction of sp³-hybridized carbons (Fsp3) is 0.400. The first-order valence-corrected chi connectivity index (χ1v) is 6.67. The Morgan fingerprint density at radius 2 is 1.87 bits per heavy atom. The molecule has 0 bridgehead atoms. The predicted molar refractivity (Wildman–Crippen MR) is 61.7 cm³/mol. The Kier molecular flexibility index (Phi) is 4.13. The van der Waals surface area contributed by atoms with E-state index in [9.17, 15) is 8.42 Å². The zero-order valence-corrected chi connectivity index (χ0v) is 10.1. The molecule has 0 radical (unpaired) electrons. The third kappa shape index (κ3) is 3.48. The van der Waals surface area contributed by atoms with Gasteiger partial charge in [0.2, 0.25) is 0 Å². The molecular formula is C10H14ClNO2S. The quantitative estimate of drug-likeness (QED) is 0.881. The van der Waals surface area contributed by atoms with Crippen molar-refractivity contribution < 1.29 is 8.42 Å². The number of rotatable bonds is 4. The van der Waals surface area contributed by atoms with Crippen LogP contribution in [-0.2, 0) is 9.84 Å². The molecule has 0 amide bonds. The summed E-state index contributed by atoms with van der Waals surface area (Å²) in [6.45, 7) is 2.18. The van der Waals surface area contributed by atoms with Crippen LogP contribution in [0.15, 0.2) is 29.2 Å². The zero-order valence-electron chi connectivity index (χ0n) is 8.48. The van der Waals surface area contributed by atoms with Crippen LogP contribution in [0.3, 0.4) is 0 Å². The van der Waals surface area contributed by atoms with Crippen LogP contribution in [0.2, 0.25) is 5.02 Å². The Morgan fingerprint density at radius 1 is 1.33 bits per heavy atom. The van der Waals surface area contributed by atoms with Crippen LogP contribution in [0.5, 0.6) is 0 Å². The van der Waals surface area contributed by atoms with Crippen LogP contribution in [0.1, 0.15) is 6.92 Å². The number of halogens is 1. The first kappa shape index (κ1) is 12.5. The van der Waals surface area contributed by atoms with Crippen molar-refractivity contribution in [2.75, 3.05) is 12.3 Å². The van der Waals surface area contributed by atoms with Crippen LogP contribution >= 0.6 is 11.6 Å². The lowest BCUT2D eigenvalue weighted by atomic mass is 10.2. The minimum absolute atomic E-state index is 0.0364. The Balaban J connectivity index is 2.91. The Morgan fingerprint density at radius 3 is 2.33 bits per heavy atom. The first-order valence-electron chi connectivity index (χ1n) is 4.64. The van der Waals surface area contributed by atoms with Gasteiger partial charge in [0, 0.05) is 5.02 Å². The molecular weight excluding hydrogens is 234 g/mol. The molecule has 15 heavy (non-hydrogen) atoms. The maximum atomic E-state index is 11.8. The smallest absolute Gasteiger partial charge is 0.178 e. The molecule has 0 fully saturated rings. The third-order valence-electron chi connectivity index (χ3n) is 2.08. The highest BCUT2D eigenvalue weighted by Crippen LogP contribution is 2.17. The molecule has 0 aliphatic heterocycles. The molecule has 0 aliphatic rings. The number of sulfone groups is 1. The summed E-state index contributed by atoms with van der Waals surface area (Å²) in [6.07, 6.45) is 0. The van der Waals surface area contributed by atoms with Gasteiger partial charge in [0.1, 0.15) is 0 Å². The summed E-state index contributed by atoms with van der Waals surface area (Å²) in [5.41, 5.74) is 5.40. The van der Waals surface area contributed by atoms with Gasteiger partial charge in [0.25, 0.3) is 0 Å². The first-order chi connectivity index (χ1) is 6.95. The van der Waals surface area contributed by atoms with E-state index in [1.54, 1.807) is 12.1 Å². The van der Waals surface area contributed by atoms with E-state index in [0.717, 1.165) is 0 Å². The lowest BCUT2D eigenvalue weighted by molar-refractivity contribution is 0.574. The molecule has 1 rings (SSSR count). The van der Waals surface area contributed by atoms with Gasteiger partial charge in [0.05, 0.1) is 10.6 Å². The van der Waals surface area contributed by atoms with Crippen molar-refractivity contribution in [1.82, 2.24) is 0 Å². The minimum Gasteiger partial charge on any atom is -0.330 e. The Labute approximate surface area is 95.2 Å². The second-order valence-electron chi connectivity index (χ2n) is 3.58. The summed E-state index contributed by atoms with van der Waals surface area (Å²) >= 11 is 5.68. The van der Waals surface area contributed by atoms with Gasteiger partial charge in [-0.3, -0.25) is 0 Å². The molecule has 1 unspecified atom stereocenters. The number of nitrogens with two attached hydrogens (primary N) is 1. The molecule has 0 spiro atoms. The van der Waals surface area contributed by atoms with Crippen molar-refractivity contribution in [3.63, 3.8) is 0 Å². The SMILES string of the molecule is CC(CN)CS(=O)(=O)c1ccc(Cl)cc1. The van der Waals surface area contributed by atoms with E-state index in [4.69, 9.17) is 17.3 Å². The van der Waals surface area contributed by atoms with Crippen LogP contribution in [0.25, 0.3) is 0 Å². The normalized spacial score (nSPS) is 13.8. The third-order valence-corrected chi connectivity index (χ3v) is 4.33. The summed E-state index contributed by atoms with van der Waals surface area (Å²) in [7, 11) is -3.23. The number of benzene rings is 1. The van der Waals surface area contributed by atoms with E-state index in [0.29, 0.717) is 16.5 Å². The van der Waals surface area contributed by atoms with Crippen LogP contribution in [0, 0.1) is 5.92 Å². The molecule has 0 saturated heterocycles. The van der Waals surface area contributed by atoms with Crippen LogP contribution in [0.4, 0.5) is 0 Å². The van der Waals surface area contributed by atoms with Crippen LogP contribution in [-0.4, -0.2) is 20.7 Å². The van der Waals surface area contributed by atoms with E-state index in [1.165, 1.54) is 12.1 Å². The zero-order chi connectivity index (χ0) is 11.5. The van der Waals surface area contributed by atoms with E-state index in [-0.39, 0.29) is 11.7 Å². The van der Waals surface area contributed by atoms with E-state index >= 15 is 0 Å². The highest BCUT2D eigenvalue weighted by molar-refractivity contribution is 7.91. The molecule has 3 nitrogen and oxygen atoms in total. The van der Waals surface area contributed by atoms with Crippen molar-refractivity contribution >= 4 is 21.4 Å². The largest absolute Gasteiger partial charge is 0.330 e. The highest BCUT2D eigenvalue weighted by atomic mass is 35.5. The second-order valence-corrected chi connectivity index (χ2v) is 6.05. The number of hydrogen-bond acceptors (Lipinski definition) is 3. The average Bonchev–Trinajstić information content (AvgIpc) is 2.17. The van der Waals surface area contributed by atoms with Gasteiger partial charge in [-0.15, -0.1) is 0 Å². The van der Waals surface area contributed by atoms with E-state index in [1.807, 2.05) is 6.92 Å². The topological polar surface area (TPSA) is 60.2 Å². The average molecular weight is 248 g/mol. The maximum Gasteiger partial charge on any atom is 0.178 e. The minimum atomic E-state index is -3.23. The fourth-order valence-electron chi connectivity index (χ4n) is 1.18. The molecule has 1 aromatic carbocycles. The lowest BCUT2D eigenvalue weighted by Gasteiger charge is -2.09. The van der Waals surface area contributed by atoms with Crippen molar-refractivity contribution in [1.29, 1.82) is 0 Å². The summed E-state index contributed by atoms with van der Waals surface area (Å²) < 4.78 is 23.6. The summed E-state index contributed by atoms with van der Waals surface area (Å²) in [5, 5.41) is 0.529. The second kappa shape index (κ2) is 4.96. The highest BCUT2D eigenvalue weighted by Gasteiger charge is 2.17. The van der Waals surface area contributed by atoms with E-state index in [2.05, 4.69) is 0 Å². The van der Waals surface area contributed by atoms with Gasteiger partial charge in [0.15, 0.2) is 9.84 Å². The summed E-state index contributed by atoms with van der Waals surface area (Å²) in [4.78, 5) is 0.298. The van der Waals surface area contributed by atoms with Crippen molar-refractivity contribution in [2.45, 2.75) is 11.8 Å². The van der Waals surface area contributed by atoms with Crippen molar-refractivity contribution in [3.8, 4) is 0 Å². The summed E-state index contributed by atoms with van der Waals surface area (Å²) in [6, 6.07) is 6.17. The van der Waals surface area contributed by atoms with E-state index < -0.39 is 9.84 Å². The molecule has 0 heterocycles. The molecule has 0 aliphatic carbocycles. The standard InChI is InChI=1S/C10H14ClNO2S/c1-8(6-12)7-15(13,14)10-4-2-9(11)3-5-10/h2-5,8H,6-7,12H2,1H3. The Bertz CT molecular complexity index is 414. The maximum absolute atomic E-state index is 11.8. The van der Waals surface area contributed by atoms with Gasteiger partial charge in [-0.2, -0.15) is 0 Å². The molecule has 1 aromatic rings. The molecule has 0 saturated carbocycles. The van der Waals surface area contributed by atoms with Gasteiger partial charge < -0.3 is 5.73 Å². The van der Waals surface area contributed by atoms with Crippen molar-refractivity contribution in [3.05, 3.63) is 29.3 Å².